The lowest BCUT2D eigenvalue weighted by molar-refractivity contribution is -0.0744. The SMILES string of the molecule is CCc1ccc(C2(NC)C3CC4CC(C3)CC2C4)cc1. The Kier molecular flexibility index (Phi) is 2.96. The van der Waals surface area contributed by atoms with E-state index in [0.29, 0.717) is 0 Å². The standard InChI is InChI=1S/C19H27N/c1-3-13-4-6-16(7-5-13)19(20-2)17-9-14-8-15(11-17)12-18(19)10-14/h4-7,14-15,17-18,20H,3,8-12H2,1-2H3. The van der Waals surface area contributed by atoms with Crippen LogP contribution >= 0.6 is 0 Å². The number of nitrogens with one attached hydrogen (secondary N) is 1. The van der Waals surface area contributed by atoms with Crippen LogP contribution < -0.4 is 5.32 Å². The van der Waals surface area contributed by atoms with Crippen LogP contribution in [0.3, 0.4) is 0 Å². The summed E-state index contributed by atoms with van der Waals surface area (Å²) in [7, 11) is 2.20. The summed E-state index contributed by atoms with van der Waals surface area (Å²) in [5.41, 5.74) is 3.30. The molecule has 0 aliphatic heterocycles. The van der Waals surface area contributed by atoms with Crippen molar-refractivity contribution in [2.45, 2.75) is 51.0 Å². The fourth-order valence-electron chi connectivity index (χ4n) is 5.97. The fraction of sp³-hybridized carbons (Fsp3) is 0.684. The summed E-state index contributed by atoms with van der Waals surface area (Å²) < 4.78 is 0. The van der Waals surface area contributed by atoms with E-state index in [1.54, 1.807) is 5.56 Å². The first-order valence-electron chi connectivity index (χ1n) is 8.54. The van der Waals surface area contributed by atoms with E-state index in [0.717, 1.165) is 30.1 Å². The Balaban J connectivity index is 1.75. The summed E-state index contributed by atoms with van der Waals surface area (Å²) in [5.74, 6) is 3.82. The molecule has 1 nitrogen and oxygen atoms in total. The van der Waals surface area contributed by atoms with Crippen LogP contribution in [0.2, 0.25) is 0 Å². The third kappa shape index (κ3) is 1.65. The molecular formula is C19H27N. The lowest BCUT2D eigenvalue weighted by Crippen LogP contribution is -2.61. The van der Waals surface area contributed by atoms with Gasteiger partial charge in [-0.1, -0.05) is 31.2 Å². The molecule has 0 radical (unpaired) electrons. The van der Waals surface area contributed by atoms with Gasteiger partial charge in [0.2, 0.25) is 0 Å². The molecule has 0 unspecified atom stereocenters. The van der Waals surface area contributed by atoms with Crippen molar-refractivity contribution in [3.63, 3.8) is 0 Å². The van der Waals surface area contributed by atoms with Gasteiger partial charge >= 0.3 is 0 Å². The third-order valence-corrected chi connectivity index (χ3v) is 6.68. The Morgan fingerprint density at radius 2 is 1.50 bits per heavy atom. The van der Waals surface area contributed by atoms with Gasteiger partial charge in [0.25, 0.3) is 0 Å². The third-order valence-electron chi connectivity index (χ3n) is 6.68. The Morgan fingerprint density at radius 1 is 0.950 bits per heavy atom. The highest BCUT2D eigenvalue weighted by Gasteiger charge is 2.57. The molecule has 0 heterocycles. The maximum absolute atomic E-state index is 3.81. The summed E-state index contributed by atoms with van der Waals surface area (Å²) in [6.45, 7) is 2.24. The van der Waals surface area contributed by atoms with Crippen molar-refractivity contribution in [3.8, 4) is 0 Å². The number of hydrogen-bond acceptors (Lipinski definition) is 1. The first-order valence-corrected chi connectivity index (χ1v) is 8.54. The van der Waals surface area contributed by atoms with E-state index in [4.69, 9.17) is 0 Å². The van der Waals surface area contributed by atoms with E-state index < -0.39 is 0 Å². The molecule has 1 aromatic rings. The summed E-state index contributed by atoms with van der Waals surface area (Å²) in [4.78, 5) is 0. The van der Waals surface area contributed by atoms with Crippen molar-refractivity contribution in [2.75, 3.05) is 7.05 Å². The van der Waals surface area contributed by atoms with Crippen molar-refractivity contribution in [2.24, 2.45) is 23.7 Å². The summed E-state index contributed by atoms with van der Waals surface area (Å²) in [5, 5.41) is 3.81. The molecule has 1 aromatic carbocycles. The molecule has 4 aliphatic carbocycles. The number of hydrogen-bond donors (Lipinski definition) is 1. The number of benzene rings is 1. The molecule has 0 aromatic heterocycles. The molecule has 0 saturated heterocycles. The van der Waals surface area contributed by atoms with E-state index in [2.05, 4.69) is 43.6 Å². The van der Waals surface area contributed by atoms with Crippen molar-refractivity contribution < 1.29 is 0 Å². The van der Waals surface area contributed by atoms with Gasteiger partial charge in [0, 0.05) is 5.54 Å². The van der Waals surface area contributed by atoms with E-state index in [-0.39, 0.29) is 5.54 Å². The van der Waals surface area contributed by atoms with Gasteiger partial charge in [-0.2, -0.15) is 0 Å². The topological polar surface area (TPSA) is 12.0 Å². The molecule has 0 amide bonds. The van der Waals surface area contributed by atoms with Crippen LogP contribution in [0, 0.1) is 23.7 Å². The minimum absolute atomic E-state index is 0.277. The monoisotopic (exact) mass is 269 g/mol. The van der Waals surface area contributed by atoms with Gasteiger partial charge < -0.3 is 5.32 Å². The van der Waals surface area contributed by atoms with Gasteiger partial charge in [0.05, 0.1) is 0 Å². The highest BCUT2D eigenvalue weighted by atomic mass is 15.0. The Hall–Kier alpha value is -0.820. The average molecular weight is 269 g/mol. The molecule has 0 spiro atoms. The summed E-state index contributed by atoms with van der Waals surface area (Å²) in [6.07, 6.45) is 8.52. The molecular weight excluding hydrogens is 242 g/mol. The summed E-state index contributed by atoms with van der Waals surface area (Å²) >= 11 is 0. The smallest absolute Gasteiger partial charge is 0.0489 e. The number of rotatable bonds is 3. The molecule has 5 rings (SSSR count). The van der Waals surface area contributed by atoms with Gasteiger partial charge in [-0.15, -0.1) is 0 Å². The molecule has 4 fully saturated rings. The predicted molar refractivity (Wildman–Crippen MR) is 83.6 cm³/mol. The van der Waals surface area contributed by atoms with Gasteiger partial charge in [-0.3, -0.25) is 0 Å². The molecule has 1 N–H and O–H groups in total. The zero-order valence-electron chi connectivity index (χ0n) is 12.9. The van der Waals surface area contributed by atoms with Crippen LogP contribution in [0.5, 0.6) is 0 Å². The molecule has 4 saturated carbocycles. The van der Waals surface area contributed by atoms with Gasteiger partial charge in [-0.05, 0) is 80.4 Å². The Bertz CT molecular complexity index is 459. The fourth-order valence-corrected chi connectivity index (χ4v) is 5.97. The van der Waals surface area contributed by atoms with Gasteiger partial charge in [-0.25, -0.2) is 0 Å². The van der Waals surface area contributed by atoms with E-state index >= 15 is 0 Å². The largest absolute Gasteiger partial charge is 0.310 e. The maximum atomic E-state index is 3.81. The molecule has 20 heavy (non-hydrogen) atoms. The Morgan fingerprint density at radius 3 is 1.95 bits per heavy atom. The van der Waals surface area contributed by atoms with E-state index in [9.17, 15) is 0 Å². The van der Waals surface area contributed by atoms with Crippen molar-refractivity contribution in [1.29, 1.82) is 0 Å². The highest BCUT2D eigenvalue weighted by Crippen LogP contribution is 2.61. The van der Waals surface area contributed by atoms with Crippen LogP contribution in [0.15, 0.2) is 24.3 Å². The second-order valence-electron chi connectivity index (χ2n) is 7.47. The zero-order valence-corrected chi connectivity index (χ0v) is 12.9. The quantitative estimate of drug-likeness (QED) is 0.870. The second kappa shape index (κ2) is 4.59. The lowest BCUT2D eigenvalue weighted by Gasteiger charge is -2.61. The first-order chi connectivity index (χ1) is 9.76. The first kappa shape index (κ1) is 12.9. The second-order valence-corrected chi connectivity index (χ2v) is 7.47. The van der Waals surface area contributed by atoms with Crippen molar-refractivity contribution in [1.82, 2.24) is 5.32 Å². The molecule has 4 bridgehead atoms. The van der Waals surface area contributed by atoms with Gasteiger partial charge in [0.15, 0.2) is 0 Å². The average Bonchev–Trinajstić information content (AvgIpc) is 2.48. The predicted octanol–water partition coefficient (Wildman–Crippen LogP) is 4.12. The van der Waals surface area contributed by atoms with Gasteiger partial charge in [0.1, 0.15) is 0 Å². The lowest BCUT2D eigenvalue weighted by atomic mass is 9.47. The molecule has 108 valence electrons. The van der Waals surface area contributed by atoms with Crippen LogP contribution in [0.1, 0.15) is 50.2 Å². The summed E-state index contributed by atoms with van der Waals surface area (Å²) in [6, 6.07) is 9.52. The Labute approximate surface area is 123 Å². The minimum Gasteiger partial charge on any atom is -0.310 e. The van der Waals surface area contributed by atoms with Crippen LogP contribution in [0.25, 0.3) is 0 Å². The van der Waals surface area contributed by atoms with Crippen LogP contribution in [-0.4, -0.2) is 7.05 Å². The van der Waals surface area contributed by atoms with Crippen LogP contribution in [0.4, 0.5) is 0 Å². The molecule has 0 atom stereocenters. The van der Waals surface area contributed by atoms with Crippen molar-refractivity contribution in [3.05, 3.63) is 35.4 Å². The van der Waals surface area contributed by atoms with E-state index in [1.807, 2.05) is 0 Å². The van der Waals surface area contributed by atoms with Crippen molar-refractivity contribution >= 4 is 0 Å². The normalized spacial score (nSPS) is 42.1. The molecule has 4 aliphatic rings. The highest BCUT2D eigenvalue weighted by molar-refractivity contribution is 5.33. The van der Waals surface area contributed by atoms with E-state index in [1.165, 1.54) is 37.7 Å². The zero-order chi connectivity index (χ0) is 13.7. The molecule has 1 heteroatoms. The van der Waals surface area contributed by atoms with Crippen LogP contribution in [-0.2, 0) is 12.0 Å². The minimum atomic E-state index is 0.277. The maximum Gasteiger partial charge on any atom is 0.0489 e. The number of aryl methyl sites for hydroxylation is 1.